The van der Waals surface area contributed by atoms with Gasteiger partial charge in [-0.15, -0.1) is 22.7 Å². The van der Waals surface area contributed by atoms with Crippen LogP contribution in [0.25, 0.3) is 0 Å². The Hall–Kier alpha value is -0.840. The van der Waals surface area contributed by atoms with Crippen molar-refractivity contribution in [2.45, 2.75) is 25.8 Å². The molecule has 0 aliphatic heterocycles. The number of hydrogen-bond donors (Lipinski definition) is 2. The van der Waals surface area contributed by atoms with Gasteiger partial charge in [-0.1, -0.05) is 19.9 Å². The molecule has 0 aromatic carbocycles. The molecule has 0 atom stereocenters. The van der Waals surface area contributed by atoms with Gasteiger partial charge in [-0.3, -0.25) is 0 Å². The summed E-state index contributed by atoms with van der Waals surface area (Å²) < 4.78 is 0. The topological polar surface area (TPSA) is 38.0 Å². The Balaban J connectivity index is 1.88. The molecule has 2 aromatic rings. The fraction of sp³-hybridized carbons (Fsp3) is 0.385. The summed E-state index contributed by atoms with van der Waals surface area (Å²) in [7, 11) is 0. The normalized spacial score (nSPS) is 11.9. The number of thiophene rings is 2. The number of nitrogens with two attached hydrogens (primary N) is 1. The first-order valence-electron chi connectivity index (χ1n) is 5.66. The summed E-state index contributed by atoms with van der Waals surface area (Å²) in [4.78, 5) is 2.65. The highest BCUT2D eigenvalue weighted by atomic mass is 32.1. The van der Waals surface area contributed by atoms with Crippen molar-refractivity contribution in [3.63, 3.8) is 0 Å². The minimum absolute atomic E-state index is 0.181. The van der Waals surface area contributed by atoms with Crippen LogP contribution in [0.2, 0.25) is 0 Å². The SMILES string of the molecule is CC(C)(CNCc1sccc1N)c1cccs1. The van der Waals surface area contributed by atoms with Crippen LogP contribution >= 0.6 is 22.7 Å². The molecule has 0 saturated heterocycles. The molecule has 0 saturated carbocycles. The standard InChI is InChI=1S/C13H18N2S2/c1-13(2,12-4-3-6-17-12)9-15-8-11-10(14)5-7-16-11/h3-7,15H,8-9,14H2,1-2H3. The lowest BCUT2D eigenvalue weighted by Gasteiger charge is -2.23. The van der Waals surface area contributed by atoms with Crippen LogP contribution in [0.3, 0.4) is 0 Å². The highest BCUT2D eigenvalue weighted by Crippen LogP contribution is 2.27. The van der Waals surface area contributed by atoms with E-state index in [0.29, 0.717) is 0 Å². The van der Waals surface area contributed by atoms with E-state index in [4.69, 9.17) is 5.73 Å². The van der Waals surface area contributed by atoms with Gasteiger partial charge < -0.3 is 11.1 Å². The molecule has 0 spiro atoms. The van der Waals surface area contributed by atoms with E-state index in [9.17, 15) is 0 Å². The second-order valence-corrected chi connectivity index (χ2v) is 6.71. The molecule has 2 heterocycles. The zero-order chi connectivity index (χ0) is 12.3. The summed E-state index contributed by atoms with van der Waals surface area (Å²) >= 11 is 3.53. The van der Waals surface area contributed by atoms with Crippen LogP contribution in [0.15, 0.2) is 29.0 Å². The van der Waals surface area contributed by atoms with E-state index in [1.54, 1.807) is 11.3 Å². The summed E-state index contributed by atoms with van der Waals surface area (Å²) in [6.45, 7) is 6.36. The zero-order valence-electron chi connectivity index (χ0n) is 10.2. The smallest absolute Gasteiger partial charge is 0.0468 e. The third-order valence-corrected chi connectivity index (χ3v) is 4.99. The van der Waals surface area contributed by atoms with Crippen LogP contribution in [0.4, 0.5) is 5.69 Å². The maximum atomic E-state index is 5.86. The molecule has 0 aliphatic carbocycles. The van der Waals surface area contributed by atoms with Crippen LogP contribution in [0.1, 0.15) is 23.6 Å². The lowest BCUT2D eigenvalue weighted by Crippen LogP contribution is -2.31. The number of nitrogens with one attached hydrogen (secondary N) is 1. The second kappa shape index (κ2) is 5.21. The van der Waals surface area contributed by atoms with Gasteiger partial charge in [0.2, 0.25) is 0 Å². The van der Waals surface area contributed by atoms with Crippen LogP contribution in [-0.2, 0) is 12.0 Å². The first kappa shape index (κ1) is 12.6. The summed E-state index contributed by atoms with van der Waals surface area (Å²) in [6, 6.07) is 6.27. The van der Waals surface area contributed by atoms with Crippen LogP contribution < -0.4 is 11.1 Å². The number of anilines is 1. The van der Waals surface area contributed by atoms with Gasteiger partial charge in [0.15, 0.2) is 0 Å². The predicted octanol–water partition coefficient (Wildman–Crippen LogP) is 3.46. The highest BCUT2D eigenvalue weighted by Gasteiger charge is 2.21. The lowest BCUT2D eigenvalue weighted by atomic mass is 9.91. The quantitative estimate of drug-likeness (QED) is 0.870. The van der Waals surface area contributed by atoms with E-state index >= 15 is 0 Å². The first-order valence-corrected chi connectivity index (χ1v) is 7.42. The molecular formula is C13H18N2S2. The largest absolute Gasteiger partial charge is 0.398 e. The van der Waals surface area contributed by atoms with Crippen LogP contribution in [-0.4, -0.2) is 6.54 Å². The highest BCUT2D eigenvalue weighted by molar-refractivity contribution is 7.10. The van der Waals surface area contributed by atoms with E-state index in [0.717, 1.165) is 18.8 Å². The third kappa shape index (κ3) is 3.09. The third-order valence-electron chi connectivity index (χ3n) is 2.82. The van der Waals surface area contributed by atoms with Gasteiger partial charge >= 0.3 is 0 Å². The van der Waals surface area contributed by atoms with E-state index in [-0.39, 0.29) is 5.41 Å². The van der Waals surface area contributed by atoms with Crippen molar-refractivity contribution < 1.29 is 0 Å². The average Bonchev–Trinajstić information content (AvgIpc) is 2.90. The molecule has 0 fully saturated rings. The monoisotopic (exact) mass is 266 g/mol. The van der Waals surface area contributed by atoms with E-state index < -0.39 is 0 Å². The molecule has 2 nitrogen and oxygen atoms in total. The molecule has 2 aromatic heterocycles. The van der Waals surface area contributed by atoms with Crippen molar-refractivity contribution in [3.8, 4) is 0 Å². The summed E-state index contributed by atoms with van der Waals surface area (Å²) in [5.41, 5.74) is 6.94. The Morgan fingerprint density at radius 1 is 1.24 bits per heavy atom. The van der Waals surface area contributed by atoms with Gasteiger partial charge in [0, 0.05) is 33.9 Å². The Bertz CT molecular complexity index is 457. The summed E-state index contributed by atoms with van der Waals surface area (Å²) in [6.07, 6.45) is 0. The van der Waals surface area contributed by atoms with E-state index in [1.165, 1.54) is 9.75 Å². The van der Waals surface area contributed by atoms with Gasteiger partial charge in [-0.2, -0.15) is 0 Å². The Morgan fingerprint density at radius 2 is 2.06 bits per heavy atom. The van der Waals surface area contributed by atoms with Crippen molar-refractivity contribution in [2.75, 3.05) is 12.3 Å². The first-order chi connectivity index (χ1) is 8.09. The number of rotatable bonds is 5. The Labute approximate surface area is 110 Å². The van der Waals surface area contributed by atoms with Gasteiger partial charge in [-0.05, 0) is 22.9 Å². The molecule has 2 rings (SSSR count). The van der Waals surface area contributed by atoms with Crippen molar-refractivity contribution in [3.05, 3.63) is 38.7 Å². The van der Waals surface area contributed by atoms with E-state index in [2.05, 4.69) is 36.7 Å². The molecule has 3 N–H and O–H groups in total. The molecule has 0 bridgehead atoms. The van der Waals surface area contributed by atoms with Crippen molar-refractivity contribution in [1.29, 1.82) is 0 Å². The van der Waals surface area contributed by atoms with Crippen molar-refractivity contribution in [2.24, 2.45) is 0 Å². The fourth-order valence-electron chi connectivity index (χ4n) is 1.73. The minimum Gasteiger partial charge on any atom is -0.398 e. The maximum Gasteiger partial charge on any atom is 0.0468 e. The summed E-state index contributed by atoms with van der Waals surface area (Å²) in [5, 5.41) is 7.67. The van der Waals surface area contributed by atoms with Gasteiger partial charge in [0.1, 0.15) is 0 Å². The fourth-order valence-corrected chi connectivity index (χ4v) is 3.35. The Kier molecular flexibility index (Phi) is 3.86. The Morgan fingerprint density at radius 3 is 2.65 bits per heavy atom. The molecule has 0 unspecified atom stereocenters. The number of nitrogen functional groups attached to an aromatic ring is 1. The van der Waals surface area contributed by atoms with Crippen LogP contribution in [0.5, 0.6) is 0 Å². The zero-order valence-corrected chi connectivity index (χ0v) is 11.8. The van der Waals surface area contributed by atoms with Gasteiger partial charge in [0.05, 0.1) is 0 Å². The lowest BCUT2D eigenvalue weighted by molar-refractivity contribution is 0.478. The molecule has 0 radical (unpaired) electrons. The second-order valence-electron chi connectivity index (χ2n) is 4.76. The molecular weight excluding hydrogens is 248 g/mol. The van der Waals surface area contributed by atoms with Gasteiger partial charge in [0.25, 0.3) is 0 Å². The molecule has 17 heavy (non-hydrogen) atoms. The number of hydrogen-bond acceptors (Lipinski definition) is 4. The molecule has 4 heteroatoms. The minimum atomic E-state index is 0.181. The van der Waals surface area contributed by atoms with Crippen molar-refractivity contribution in [1.82, 2.24) is 5.32 Å². The summed E-state index contributed by atoms with van der Waals surface area (Å²) in [5.74, 6) is 0. The van der Waals surface area contributed by atoms with E-state index in [1.807, 2.05) is 22.8 Å². The average molecular weight is 266 g/mol. The van der Waals surface area contributed by atoms with Gasteiger partial charge in [-0.25, -0.2) is 0 Å². The molecule has 92 valence electrons. The molecule has 0 aliphatic rings. The van der Waals surface area contributed by atoms with Crippen LogP contribution in [0, 0.1) is 0 Å². The van der Waals surface area contributed by atoms with Crippen molar-refractivity contribution >= 4 is 28.4 Å². The maximum absolute atomic E-state index is 5.86. The molecule has 0 amide bonds. The predicted molar refractivity (Wildman–Crippen MR) is 77.8 cm³/mol.